The highest BCUT2D eigenvalue weighted by molar-refractivity contribution is 5.95. The molecular formula is C20H26N4O3. The highest BCUT2D eigenvalue weighted by atomic mass is 16.5. The number of nitrogens with two attached hydrogens (primary N) is 2. The number of aryl methyl sites for hydroxylation is 1. The topological polar surface area (TPSA) is 134 Å². The van der Waals surface area contributed by atoms with Gasteiger partial charge in [0.25, 0.3) is 0 Å². The fourth-order valence-corrected chi connectivity index (χ4v) is 2.74. The molecule has 2 aromatic carbocycles. The maximum atomic E-state index is 12.2. The number of carboxylic acids is 1. The smallest absolute Gasteiger partial charge is 0.333 e. The molecule has 0 aliphatic rings. The third-order valence-electron chi connectivity index (χ3n) is 4.38. The summed E-state index contributed by atoms with van der Waals surface area (Å²) in [4.78, 5) is 12.2. The van der Waals surface area contributed by atoms with Gasteiger partial charge in [-0.1, -0.05) is 13.0 Å². The molecule has 0 saturated carbocycles. The second-order valence-corrected chi connectivity index (χ2v) is 6.37. The highest BCUT2D eigenvalue weighted by Gasteiger charge is 2.38. The summed E-state index contributed by atoms with van der Waals surface area (Å²) in [5, 5.41) is 20.6. The highest BCUT2D eigenvalue weighted by Crippen LogP contribution is 2.34. The molecule has 0 spiro atoms. The lowest BCUT2D eigenvalue weighted by Crippen LogP contribution is -2.41. The van der Waals surface area contributed by atoms with Gasteiger partial charge in [-0.3, -0.25) is 5.41 Å². The molecular weight excluding hydrogens is 344 g/mol. The van der Waals surface area contributed by atoms with Crippen LogP contribution >= 0.6 is 0 Å². The molecule has 0 aliphatic heterocycles. The molecule has 0 bridgehead atoms. The van der Waals surface area contributed by atoms with E-state index in [1.807, 2.05) is 19.1 Å². The van der Waals surface area contributed by atoms with Crippen LogP contribution < -0.4 is 21.5 Å². The van der Waals surface area contributed by atoms with Gasteiger partial charge in [0.15, 0.2) is 5.54 Å². The molecule has 7 nitrogen and oxygen atoms in total. The predicted octanol–water partition coefficient (Wildman–Crippen LogP) is 2.28. The van der Waals surface area contributed by atoms with E-state index < -0.39 is 11.5 Å². The number of carboxylic acid groups (broad SMARTS) is 1. The van der Waals surface area contributed by atoms with Gasteiger partial charge in [-0.25, -0.2) is 4.79 Å². The number of anilines is 1. The van der Waals surface area contributed by atoms with Gasteiger partial charge in [0, 0.05) is 23.4 Å². The lowest BCUT2D eigenvalue weighted by Gasteiger charge is -2.30. The summed E-state index contributed by atoms with van der Waals surface area (Å²) in [6.07, 6.45) is 0.771. The van der Waals surface area contributed by atoms with Crippen molar-refractivity contribution in [2.45, 2.75) is 25.8 Å². The van der Waals surface area contributed by atoms with Crippen molar-refractivity contribution in [3.8, 4) is 5.75 Å². The number of rotatable bonds is 9. The molecule has 2 rings (SSSR count). The summed E-state index contributed by atoms with van der Waals surface area (Å²) in [6, 6.07) is 12.3. The Morgan fingerprint density at radius 2 is 1.93 bits per heavy atom. The minimum Gasteiger partial charge on any atom is -0.492 e. The van der Waals surface area contributed by atoms with E-state index in [-0.39, 0.29) is 5.84 Å². The van der Waals surface area contributed by atoms with Crippen LogP contribution in [0.25, 0.3) is 0 Å². The van der Waals surface area contributed by atoms with E-state index in [4.69, 9.17) is 21.6 Å². The Hall–Kier alpha value is -3.06. The van der Waals surface area contributed by atoms with Crippen molar-refractivity contribution < 1.29 is 14.6 Å². The first-order valence-electron chi connectivity index (χ1n) is 8.74. The van der Waals surface area contributed by atoms with Gasteiger partial charge in [0.1, 0.15) is 18.2 Å². The summed E-state index contributed by atoms with van der Waals surface area (Å²) < 4.78 is 5.70. The van der Waals surface area contributed by atoms with Crippen LogP contribution in [-0.4, -0.2) is 30.1 Å². The summed E-state index contributed by atoms with van der Waals surface area (Å²) in [5.74, 6) is -0.602. The maximum Gasteiger partial charge on any atom is 0.333 e. The van der Waals surface area contributed by atoms with E-state index >= 15 is 0 Å². The first kappa shape index (κ1) is 20.3. The summed E-state index contributed by atoms with van der Waals surface area (Å²) in [5.41, 5.74) is 12.3. The summed E-state index contributed by atoms with van der Waals surface area (Å²) in [6.45, 7) is 4.23. The fourth-order valence-electron chi connectivity index (χ4n) is 2.74. The number of nitrogens with one attached hydrogen (secondary N) is 2. The maximum absolute atomic E-state index is 12.2. The van der Waals surface area contributed by atoms with Crippen molar-refractivity contribution in [2.24, 2.45) is 11.5 Å². The minimum absolute atomic E-state index is 0.0457. The molecule has 0 saturated heterocycles. The van der Waals surface area contributed by atoms with Gasteiger partial charge in [0.2, 0.25) is 0 Å². The Morgan fingerprint density at radius 1 is 1.26 bits per heavy atom. The van der Waals surface area contributed by atoms with Gasteiger partial charge >= 0.3 is 5.97 Å². The number of hydrogen-bond donors (Lipinski definition) is 5. The fraction of sp³-hybridized carbons (Fsp3) is 0.300. The average molecular weight is 370 g/mol. The quantitative estimate of drug-likeness (QED) is 0.339. The second kappa shape index (κ2) is 8.55. The second-order valence-electron chi connectivity index (χ2n) is 6.37. The Balaban J connectivity index is 2.47. The zero-order chi connectivity index (χ0) is 20.0. The summed E-state index contributed by atoms with van der Waals surface area (Å²) in [7, 11) is 0. The van der Waals surface area contributed by atoms with Crippen LogP contribution in [0.4, 0.5) is 5.69 Å². The van der Waals surface area contributed by atoms with E-state index in [0.29, 0.717) is 35.7 Å². The molecule has 0 radical (unpaired) electrons. The zero-order valence-electron chi connectivity index (χ0n) is 15.6. The SMILES string of the molecule is CCc1ccc(OCCN)c(C(C)(Nc2ccc(C(=N)N)cc2)C(=O)O)c1. The Morgan fingerprint density at radius 3 is 2.44 bits per heavy atom. The number of aliphatic carboxylic acids is 1. The molecule has 7 N–H and O–H groups in total. The molecule has 1 atom stereocenters. The van der Waals surface area contributed by atoms with Crippen LogP contribution in [0.15, 0.2) is 42.5 Å². The molecule has 0 fully saturated rings. The van der Waals surface area contributed by atoms with E-state index in [2.05, 4.69) is 5.32 Å². The molecule has 0 aromatic heterocycles. The van der Waals surface area contributed by atoms with E-state index in [0.717, 1.165) is 12.0 Å². The van der Waals surface area contributed by atoms with Crippen LogP contribution in [0.1, 0.15) is 30.5 Å². The van der Waals surface area contributed by atoms with E-state index in [9.17, 15) is 9.90 Å². The molecule has 7 heteroatoms. The van der Waals surface area contributed by atoms with Gasteiger partial charge in [-0.05, 0) is 55.3 Å². The standard InChI is InChI=1S/C20H26N4O3/c1-3-13-4-9-17(27-11-10-21)16(12-13)20(2,19(25)26)24-15-7-5-14(6-8-15)18(22)23/h4-9,12,24H,3,10-11,21H2,1-2H3,(H3,22,23)(H,25,26). The number of ether oxygens (including phenoxy) is 1. The van der Waals surface area contributed by atoms with Crippen LogP contribution in [0.3, 0.4) is 0 Å². The lowest BCUT2D eigenvalue weighted by molar-refractivity contribution is -0.142. The Kier molecular flexibility index (Phi) is 6.41. The van der Waals surface area contributed by atoms with Gasteiger partial charge in [-0.2, -0.15) is 0 Å². The Labute approximate surface area is 158 Å². The van der Waals surface area contributed by atoms with Crippen molar-refractivity contribution >= 4 is 17.5 Å². The third-order valence-corrected chi connectivity index (χ3v) is 4.38. The monoisotopic (exact) mass is 370 g/mol. The molecule has 144 valence electrons. The van der Waals surface area contributed by atoms with Crippen molar-refractivity contribution in [3.63, 3.8) is 0 Å². The van der Waals surface area contributed by atoms with Crippen LogP contribution in [-0.2, 0) is 16.8 Å². The third kappa shape index (κ3) is 4.57. The molecule has 0 heterocycles. The minimum atomic E-state index is -1.42. The van der Waals surface area contributed by atoms with Gasteiger partial charge in [-0.15, -0.1) is 0 Å². The molecule has 27 heavy (non-hydrogen) atoms. The molecule has 1 unspecified atom stereocenters. The summed E-state index contributed by atoms with van der Waals surface area (Å²) >= 11 is 0. The first-order chi connectivity index (χ1) is 12.8. The van der Waals surface area contributed by atoms with Crippen molar-refractivity contribution in [1.29, 1.82) is 5.41 Å². The van der Waals surface area contributed by atoms with Crippen molar-refractivity contribution in [1.82, 2.24) is 0 Å². The number of benzene rings is 2. The van der Waals surface area contributed by atoms with Crippen LogP contribution in [0.2, 0.25) is 0 Å². The lowest BCUT2D eigenvalue weighted by atomic mass is 9.89. The van der Waals surface area contributed by atoms with E-state index in [1.165, 1.54) is 0 Å². The van der Waals surface area contributed by atoms with Gasteiger partial charge in [0.05, 0.1) is 0 Å². The normalized spacial score (nSPS) is 12.9. The first-order valence-corrected chi connectivity index (χ1v) is 8.74. The molecule has 0 aliphatic carbocycles. The number of amidine groups is 1. The zero-order valence-corrected chi connectivity index (χ0v) is 15.6. The average Bonchev–Trinajstić information content (AvgIpc) is 2.66. The number of nitrogen functional groups attached to an aromatic ring is 1. The van der Waals surface area contributed by atoms with E-state index in [1.54, 1.807) is 37.3 Å². The van der Waals surface area contributed by atoms with Crippen molar-refractivity contribution in [2.75, 3.05) is 18.5 Å². The largest absolute Gasteiger partial charge is 0.492 e. The number of carbonyl (C=O) groups is 1. The van der Waals surface area contributed by atoms with Crippen molar-refractivity contribution in [3.05, 3.63) is 59.2 Å². The van der Waals surface area contributed by atoms with Gasteiger partial charge < -0.3 is 26.6 Å². The Bertz CT molecular complexity index is 820. The molecule has 2 aromatic rings. The van der Waals surface area contributed by atoms with Crippen LogP contribution in [0.5, 0.6) is 5.75 Å². The predicted molar refractivity (Wildman–Crippen MR) is 106 cm³/mol. The molecule has 0 amide bonds. The number of hydrogen-bond acceptors (Lipinski definition) is 5. The van der Waals surface area contributed by atoms with Crippen LogP contribution in [0, 0.1) is 5.41 Å².